The maximum absolute atomic E-state index is 9.16. The zero-order chi connectivity index (χ0) is 10.6. The summed E-state index contributed by atoms with van der Waals surface area (Å²) in [5, 5.41) is 12.2. The standard InChI is InChI=1S/C10H16N4O/c11-8-10(4-2-1-3-5-10)14-15-9-12-6-7-13-9/h14H,1-7H2,(H,12,13). The van der Waals surface area contributed by atoms with E-state index in [1.165, 1.54) is 6.42 Å². The second-order valence-corrected chi connectivity index (χ2v) is 4.07. The molecular formula is C10H16N4O. The van der Waals surface area contributed by atoms with Crippen LogP contribution in [0.25, 0.3) is 0 Å². The number of nitriles is 1. The number of hydroxylamine groups is 1. The van der Waals surface area contributed by atoms with E-state index in [2.05, 4.69) is 21.9 Å². The summed E-state index contributed by atoms with van der Waals surface area (Å²) < 4.78 is 0. The van der Waals surface area contributed by atoms with E-state index >= 15 is 0 Å². The number of hydrogen-bond acceptors (Lipinski definition) is 5. The molecule has 1 aliphatic heterocycles. The molecule has 0 amide bonds. The van der Waals surface area contributed by atoms with Crippen molar-refractivity contribution in [2.75, 3.05) is 13.1 Å². The molecule has 2 aliphatic rings. The minimum absolute atomic E-state index is 0.509. The number of hydrogen-bond donors (Lipinski definition) is 2. The van der Waals surface area contributed by atoms with Gasteiger partial charge < -0.3 is 10.2 Å². The molecule has 1 aliphatic carbocycles. The number of rotatable bonds is 2. The molecule has 0 unspecified atom stereocenters. The third kappa shape index (κ3) is 2.39. The first-order valence-corrected chi connectivity index (χ1v) is 5.48. The second kappa shape index (κ2) is 4.49. The van der Waals surface area contributed by atoms with Gasteiger partial charge in [-0.1, -0.05) is 19.3 Å². The van der Waals surface area contributed by atoms with Gasteiger partial charge in [-0.05, 0) is 12.8 Å². The van der Waals surface area contributed by atoms with Gasteiger partial charge in [-0.2, -0.15) is 5.26 Å². The highest BCUT2D eigenvalue weighted by Gasteiger charge is 2.33. The first-order chi connectivity index (χ1) is 7.35. The quantitative estimate of drug-likeness (QED) is 0.655. The maximum Gasteiger partial charge on any atom is 0.305 e. The third-order valence-corrected chi connectivity index (χ3v) is 2.91. The first kappa shape index (κ1) is 10.2. The third-order valence-electron chi connectivity index (χ3n) is 2.91. The van der Waals surface area contributed by atoms with E-state index in [1.807, 2.05) is 0 Å². The normalized spacial score (nSPS) is 23.8. The Kier molecular flexibility index (Phi) is 3.07. The van der Waals surface area contributed by atoms with Gasteiger partial charge in [-0.15, -0.1) is 5.48 Å². The van der Waals surface area contributed by atoms with Gasteiger partial charge in [0.15, 0.2) is 0 Å². The highest BCUT2D eigenvalue weighted by molar-refractivity contribution is 5.74. The molecule has 0 aromatic heterocycles. The summed E-state index contributed by atoms with van der Waals surface area (Å²) >= 11 is 0. The van der Waals surface area contributed by atoms with Gasteiger partial charge >= 0.3 is 6.02 Å². The largest absolute Gasteiger partial charge is 0.369 e. The van der Waals surface area contributed by atoms with Crippen molar-refractivity contribution in [1.29, 1.82) is 5.26 Å². The molecule has 2 N–H and O–H groups in total. The van der Waals surface area contributed by atoms with Crippen LogP contribution >= 0.6 is 0 Å². The summed E-state index contributed by atoms with van der Waals surface area (Å²) in [4.78, 5) is 9.40. The van der Waals surface area contributed by atoms with Crippen LogP contribution in [0.2, 0.25) is 0 Å². The fourth-order valence-electron chi connectivity index (χ4n) is 1.98. The lowest BCUT2D eigenvalue weighted by atomic mass is 9.84. The van der Waals surface area contributed by atoms with E-state index < -0.39 is 5.54 Å². The molecule has 0 atom stereocenters. The van der Waals surface area contributed by atoms with Crippen molar-refractivity contribution in [1.82, 2.24) is 10.8 Å². The lowest BCUT2D eigenvalue weighted by molar-refractivity contribution is 0.0782. The van der Waals surface area contributed by atoms with Gasteiger partial charge in [-0.25, -0.2) is 4.99 Å². The molecule has 0 aromatic carbocycles. The van der Waals surface area contributed by atoms with Crippen LogP contribution in [0.15, 0.2) is 4.99 Å². The van der Waals surface area contributed by atoms with E-state index in [0.29, 0.717) is 6.02 Å². The van der Waals surface area contributed by atoms with Crippen molar-refractivity contribution in [3.63, 3.8) is 0 Å². The van der Waals surface area contributed by atoms with E-state index in [0.717, 1.165) is 38.8 Å². The predicted octanol–water partition coefficient (Wildman–Crippen LogP) is 0.693. The van der Waals surface area contributed by atoms with E-state index in [4.69, 9.17) is 10.1 Å². The van der Waals surface area contributed by atoms with E-state index in [-0.39, 0.29) is 0 Å². The van der Waals surface area contributed by atoms with Crippen LogP contribution in [0.3, 0.4) is 0 Å². The first-order valence-electron chi connectivity index (χ1n) is 5.48. The minimum atomic E-state index is -0.509. The molecule has 0 saturated heterocycles. The SMILES string of the molecule is N#CC1(NOC2=NCCN2)CCCCC1. The lowest BCUT2D eigenvalue weighted by Gasteiger charge is -2.30. The summed E-state index contributed by atoms with van der Waals surface area (Å²) in [6.07, 6.45) is 5.10. The molecule has 1 heterocycles. The summed E-state index contributed by atoms with van der Waals surface area (Å²) in [7, 11) is 0. The number of amidine groups is 1. The van der Waals surface area contributed by atoms with Crippen molar-refractivity contribution in [2.45, 2.75) is 37.6 Å². The van der Waals surface area contributed by atoms with Crippen LogP contribution in [0.4, 0.5) is 0 Å². The molecule has 5 heteroatoms. The fraction of sp³-hybridized carbons (Fsp3) is 0.800. The van der Waals surface area contributed by atoms with Crippen molar-refractivity contribution in [3.8, 4) is 6.07 Å². The van der Waals surface area contributed by atoms with E-state index in [1.54, 1.807) is 0 Å². The summed E-state index contributed by atoms with van der Waals surface area (Å²) in [6.45, 7) is 1.56. The maximum atomic E-state index is 9.16. The van der Waals surface area contributed by atoms with Crippen LogP contribution < -0.4 is 10.8 Å². The van der Waals surface area contributed by atoms with Crippen molar-refractivity contribution in [2.24, 2.45) is 4.99 Å². The van der Waals surface area contributed by atoms with Crippen molar-refractivity contribution < 1.29 is 4.84 Å². The molecule has 15 heavy (non-hydrogen) atoms. The molecular weight excluding hydrogens is 192 g/mol. The molecule has 82 valence electrons. The summed E-state index contributed by atoms with van der Waals surface area (Å²) in [5.41, 5.74) is 2.36. The lowest BCUT2D eigenvalue weighted by Crippen LogP contribution is -2.47. The number of nitrogens with zero attached hydrogens (tertiary/aromatic N) is 2. The van der Waals surface area contributed by atoms with Crippen LogP contribution in [0.1, 0.15) is 32.1 Å². The number of aliphatic imine (C=N–C) groups is 1. The topological polar surface area (TPSA) is 69.4 Å². The Hall–Kier alpha value is -1.28. The Balaban J connectivity index is 1.87. The Morgan fingerprint density at radius 1 is 1.40 bits per heavy atom. The van der Waals surface area contributed by atoms with Gasteiger partial charge in [0.1, 0.15) is 5.54 Å². The average molecular weight is 208 g/mol. The second-order valence-electron chi connectivity index (χ2n) is 4.07. The molecule has 0 radical (unpaired) electrons. The Labute approximate surface area is 89.5 Å². The predicted molar refractivity (Wildman–Crippen MR) is 56.0 cm³/mol. The highest BCUT2D eigenvalue weighted by atomic mass is 16.7. The molecule has 0 aromatic rings. The van der Waals surface area contributed by atoms with Crippen LogP contribution in [0.5, 0.6) is 0 Å². The number of nitrogens with one attached hydrogen (secondary N) is 2. The summed E-state index contributed by atoms with van der Waals surface area (Å²) in [6, 6.07) is 2.83. The van der Waals surface area contributed by atoms with Crippen LogP contribution in [-0.2, 0) is 4.84 Å². The average Bonchev–Trinajstić information content (AvgIpc) is 2.81. The Morgan fingerprint density at radius 2 is 2.20 bits per heavy atom. The molecule has 0 spiro atoms. The zero-order valence-corrected chi connectivity index (χ0v) is 8.75. The monoisotopic (exact) mass is 208 g/mol. The van der Waals surface area contributed by atoms with Gasteiger partial charge in [0.05, 0.1) is 12.6 Å². The van der Waals surface area contributed by atoms with Gasteiger partial charge in [0.2, 0.25) is 0 Å². The smallest absolute Gasteiger partial charge is 0.305 e. The molecule has 1 fully saturated rings. The van der Waals surface area contributed by atoms with Crippen molar-refractivity contribution in [3.05, 3.63) is 0 Å². The van der Waals surface area contributed by atoms with E-state index in [9.17, 15) is 0 Å². The highest BCUT2D eigenvalue weighted by Crippen LogP contribution is 2.27. The Morgan fingerprint density at radius 3 is 2.80 bits per heavy atom. The van der Waals surface area contributed by atoms with Gasteiger partial charge in [-0.3, -0.25) is 0 Å². The molecule has 0 bridgehead atoms. The molecule has 2 rings (SSSR count). The zero-order valence-electron chi connectivity index (χ0n) is 8.75. The van der Waals surface area contributed by atoms with Crippen LogP contribution in [-0.4, -0.2) is 24.7 Å². The fourth-order valence-corrected chi connectivity index (χ4v) is 1.98. The van der Waals surface area contributed by atoms with Crippen molar-refractivity contribution >= 4 is 6.02 Å². The van der Waals surface area contributed by atoms with Crippen LogP contribution in [0, 0.1) is 11.3 Å². The van der Waals surface area contributed by atoms with Gasteiger partial charge in [0, 0.05) is 6.54 Å². The van der Waals surface area contributed by atoms with Gasteiger partial charge in [0.25, 0.3) is 0 Å². The summed E-state index contributed by atoms with van der Waals surface area (Å²) in [5.74, 6) is 0. The molecule has 5 nitrogen and oxygen atoms in total. The minimum Gasteiger partial charge on any atom is -0.369 e. The molecule has 1 saturated carbocycles. The Bertz CT molecular complexity index is 288.